The van der Waals surface area contributed by atoms with Crippen LogP contribution in [0.1, 0.15) is 12.5 Å². The summed E-state index contributed by atoms with van der Waals surface area (Å²) in [5.41, 5.74) is 0.859. The lowest BCUT2D eigenvalue weighted by molar-refractivity contribution is -0.139. The van der Waals surface area contributed by atoms with Gasteiger partial charge in [-0.25, -0.2) is 4.79 Å². The van der Waals surface area contributed by atoms with Gasteiger partial charge in [-0.1, -0.05) is 24.3 Å². The Morgan fingerprint density at radius 2 is 2.13 bits per heavy atom. The van der Waals surface area contributed by atoms with Crippen LogP contribution in [0, 0.1) is 0 Å². The van der Waals surface area contributed by atoms with Gasteiger partial charge >= 0.3 is 5.97 Å². The smallest absolute Gasteiger partial charge is 0.330 e. The molecule has 1 aromatic rings. The lowest BCUT2D eigenvalue weighted by Crippen LogP contribution is -2.01. The summed E-state index contributed by atoms with van der Waals surface area (Å²) in [7, 11) is 1.59. The third-order valence-corrected chi connectivity index (χ3v) is 1.87. The number of ether oxygens (including phenoxy) is 2. The van der Waals surface area contributed by atoms with Gasteiger partial charge in [0.25, 0.3) is 0 Å². The van der Waals surface area contributed by atoms with Gasteiger partial charge in [-0.2, -0.15) is 0 Å². The third kappa shape index (κ3) is 3.46. The zero-order valence-electron chi connectivity index (χ0n) is 8.90. The normalized spacial score (nSPS) is 10.3. The van der Waals surface area contributed by atoms with E-state index in [0.29, 0.717) is 0 Å². The molecule has 80 valence electrons. The number of hydrogen-bond donors (Lipinski definition) is 0. The molecule has 0 N–H and O–H groups in total. The number of methoxy groups -OCH3 is 1. The zero-order chi connectivity index (χ0) is 11.1. The highest BCUT2D eigenvalue weighted by molar-refractivity contribution is 5.81. The summed E-state index contributed by atoms with van der Waals surface area (Å²) in [6, 6.07) is 7.44. The van der Waals surface area contributed by atoms with Crippen LogP contribution in [0.4, 0.5) is 0 Å². The number of benzene rings is 1. The van der Waals surface area contributed by atoms with Gasteiger partial charge in [0.2, 0.25) is 0 Å². The highest BCUT2D eigenvalue weighted by Crippen LogP contribution is 2.17. The standard InChI is InChI=1S/C12H14O3/c1-3-6-12(13)15-9-10-7-4-5-8-11(10)14-2/h3-8H,9H2,1-2H3/b6-3+. The molecule has 0 saturated carbocycles. The van der Waals surface area contributed by atoms with Gasteiger partial charge in [0, 0.05) is 11.6 Å². The first-order valence-corrected chi connectivity index (χ1v) is 4.69. The molecule has 3 heteroatoms. The predicted molar refractivity (Wildman–Crippen MR) is 57.6 cm³/mol. The quantitative estimate of drug-likeness (QED) is 0.560. The lowest BCUT2D eigenvalue weighted by Gasteiger charge is -2.07. The summed E-state index contributed by atoms with van der Waals surface area (Å²) in [4.78, 5) is 11.1. The Labute approximate surface area is 89.3 Å². The van der Waals surface area contributed by atoms with Crippen LogP contribution in [-0.4, -0.2) is 13.1 Å². The second-order valence-corrected chi connectivity index (χ2v) is 2.92. The van der Waals surface area contributed by atoms with Crippen molar-refractivity contribution in [3.63, 3.8) is 0 Å². The van der Waals surface area contributed by atoms with Gasteiger partial charge in [-0.05, 0) is 13.0 Å². The Balaban J connectivity index is 2.60. The van der Waals surface area contributed by atoms with Gasteiger partial charge in [0.1, 0.15) is 12.4 Å². The van der Waals surface area contributed by atoms with E-state index >= 15 is 0 Å². The lowest BCUT2D eigenvalue weighted by atomic mass is 10.2. The molecule has 15 heavy (non-hydrogen) atoms. The fraction of sp³-hybridized carbons (Fsp3) is 0.250. The first-order valence-electron chi connectivity index (χ1n) is 4.69. The average molecular weight is 206 g/mol. The van der Waals surface area contributed by atoms with Crippen LogP contribution >= 0.6 is 0 Å². The first kappa shape index (κ1) is 11.3. The molecule has 0 saturated heterocycles. The summed E-state index contributed by atoms with van der Waals surface area (Å²) in [5, 5.41) is 0. The van der Waals surface area contributed by atoms with Gasteiger partial charge in [0.15, 0.2) is 0 Å². The van der Waals surface area contributed by atoms with E-state index < -0.39 is 0 Å². The van der Waals surface area contributed by atoms with Crippen molar-refractivity contribution in [1.82, 2.24) is 0 Å². The SMILES string of the molecule is C/C=C/C(=O)OCc1ccccc1OC. The maximum atomic E-state index is 11.1. The number of esters is 1. The molecule has 0 bridgehead atoms. The summed E-state index contributed by atoms with van der Waals surface area (Å²) < 4.78 is 10.1. The van der Waals surface area contributed by atoms with Crippen molar-refractivity contribution in [2.45, 2.75) is 13.5 Å². The van der Waals surface area contributed by atoms with Gasteiger partial charge in [-0.15, -0.1) is 0 Å². The number of hydrogen-bond acceptors (Lipinski definition) is 3. The maximum Gasteiger partial charge on any atom is 0.330 e. The minimum Gasteiger partial charge on any atom is -0.496 e. The van der Waals surface area contributed by atoms with E-state index in [-0.39, 0.29) is 12.6 Å². The largest absolute Gasteiger partial charge is 0.496 e. The number of para-hydroxylation sites is 1. The summed E-state index contributed by atoms with van der Waals surface area (Å²) >= 11 is 0. The van der Waals surface area contributed by atoms with E-state index in [1.54, 1.807) is 20.1 Å². The number of carbonyl (C=O) groups excluding carboxylic acids is 1. The topological polar surface area (TPSA) is 35.5 Å². The zero-order valence-corrected chi connectivity index (χ0v) is 8.90. The molecule has 0 unspecified atom stereocenters. The van der Waals surface area contributed by atoms with E-state index in [0.717, 1.165) is 11.3 Å². The minimum atomic E-state index is -0.344. The van der Waals surface area contributed by atoms with Gasteiger partial charge in [-0.3, -0.25) is 0 Å². The van der Waals surface area contributed by atoms with Crippen molar-refractivity contribution in [3.8, 4) is 5.75 Å². The molecule has 0 aliphatic carbocycles. The molecular weight excluding hydrogens is 192 g/mol. The van der Waals surface area contributed by atoms with E-state index in [2.05, 4.69) is 0 Å². The van der Waals surface area contributed by atoms with Gasteiger partial charge < -0.3 is 9.47 Å². The Kier molecular flexibility index (Phi) is 4.41. The van der Waals surface area contributed by atoms with E-state index in [1.807, 2.05) is 24.3 Å². The fourth-order valence-electron chi connectivity index (χ4n) is 1.16. The first-order chi connectivity index (χ1) is 7.27. The molecule has 0 aliphatic heterocycles. The van der Waals surface area contributed by atoms with Crippen LogP contribution in [0.2, 0.25) is 0 Å². The summed E-state index contributed by atoms with van der Waals surface area (Å²) in [6.45, 7) is 2.00. The van der Waals surface area contributed by atoms with E-state index in [9.17, 15) is 4.79 Å². The highest BCUT2D eigenvalue weighted by atomic mass is 16.5. The van der Waals surface area contributed by atoms with Crippen LogP contribution in [0.15, 0.2) is 36.4 Å². The Hall–Kier alpha value is -1.77. The van der Waals surface area contributed by atoms with Crippen molar-refractivity contribution in [3.05, 3.63) is 42.0 Å². The number of rotatable bonds is 4. The van der Waals surface area contributed by atoms with Crippen molar-refractivity contribution in [2.24, 2.45) is 0 Å². The molecule has 3 nitrogen and oxygen atoms in total. The van der Waals surface area contributed by atoms with Crippen LogP contribution in [0.3, 0.4) is 0 Å². The number of allylic oxidation sites excluding steroid dienone is 1. The predicted octanol–water partition coefficient (Wildman–Crippen LogP) is 2.31. The minimum absolute atomic E-state index is 0.229. The molecule has 0 heterocycles. The fourth-order valence-corrected chi connectivity index (χ4v) is 1.16. The Bertz CT molecular complexity index is 356. The highest BCUT2D eigenvalue weighted by Gasteiger charge is 2.03. The molecule has 0 radical (unpaired) electrons. The molecule has 0 fully saturated rings. The molecule has 0 aliphatic rings. The molecule has 0 atom stereocenters. The monoisotopic (exact) mass is 206 g/mol. The van der Waals surface area contributed by atoms with Gasteiger partial charge in [0.05, 0.1) is 7.11 Å². The van der Waals surface area contributed by atoms with Crippen molar-refractivity contribution in [1.29, 1.82) is 0 Å². The van der Waals surface area contributed by atoms with Crippen LogP contribution in [-0.2, 0) is 16.1 Å². The summed E-state index contributed by atoms with van der Waals surface area (Å²) in [5.74, 6) is 0.384. The maximum absolute atomic E-state index is 11.1. The van der Waals surface area contributed by atoms with E-state index in [1.165, 1.54) is 6.08 Å². The molecular formula is C12H14O3. The molecule has 0 aromatic heterocycles. The Morgan fingerprint density at radius 3 is 2.80 bits per heavy atom. The van der Waals surface area contributed by atoms with Crippen molar-refractivity contribution < 1.29 is 14.3 Å². The molecule has 1 rings (SSSR count). The Morgan fingerprint density at radius 1 is 1.40 bits per heavy atom. The van der Waals surface area contributed by atoms with E-state index in [4.69, 9.17) is 9.47 Å². The van der Waals surface area contributed by atoms with Crippen molar-refractivity contribution >= 4 is 5.97 Å². The van der Waals surface area contributed by atoms with Crippen LogP contribution in [0.5, 0.6) is 5.75 Å². The third-order valence-electron chi connectivity index (χ3n) is 1.87. The average Bonchev–Trinajstić information content (AvgIpc) is 2.27. The molecule has 0 amide bonds. The van der Waals surface area contributed by atoms with Crippen LogP contribution in [0.25, 0.3) is 0 Å². The second-order valence-electron chi connectivity index (χ2n) is 2.92. The molecule has 0 spiro atoms. The van der Waals surface area contributed by atoms with Crippen molar-refractivity contribution in [2.75, 3.05) is 7.11 Å². The summed E-state index contributed by atoms with van der Waals surface area (Å²) in [6.07, 6.45) is 3.03. The second kappa shape index (κ2) is 5.86. The number of carbonyl (C=O) groups is 1. The molecule has 1 aromatic carbocycles. The van der Waals surface area contributed by atoms with Crippen LogP contribution < -0.4 is 4.74 Å².